The van der Waals surface area contributed by atoms with Gasteiger partial charge in [-0.05, 0) is 24.6 Å². The number of nitrogen functional groups attached to an aromatic ring is 1. The van der Waals surface area contributed by atoms with Gasteiger partial charge in [0.25, 0.3) is 0 Å². The Morgan fingerprint density at radius 1 is 1.40 bits per heavy atom. The van der Waals surface area contributed by atoms with Gasteiger partial charge in [0.1, 0.15) is 17.3 Å². The van der Waals surface area contributed by atoms with Gasteiger partial charge in [-0.3, -0.25) is 5.10 Å². The van der Waals surface area contributed by atoms with E-state index in [0.29, 0.717) is 17.2 Å². The number of aryl methyl sites for hydroxylation is 1. The Kier molecular flexibility index (Phi) is 2.29. The second-order valence-corrected chi connectivity index (χ2v) is 3.31. The van der Waals surface area contributed by atoms with Gasteiger partial charge in [-0.15, -0.1) is 0 Å². The molecule has 0 saturated carbocycles. The fourth-order valence-corrected chi connectivity index (χ4v) is 1.26. The lowest BCUT2D eigenvalue weighted by Gasteiger charge is -2.06. The number of hydrogen-bond acceptors (Lipinski definition) is 3. The molecule has 4 N–H and O–H groups in total. The van der Waals surface area contributed by atoms with Crippen LogP contribution >= 0.6 is 0 Å². The average molecular weight is 206 g/mol. The summed E-state index contributed by atoms with van der Waals surface area (Å²) < 4.78 is 13.4. The number of nitrogens with zero attached hydrogens (tertiary/aromatic N) is 1. The number of hydrogen-bond donors (Lipinski definition) is 3. The van der Waals surface area contributed by atoms with Gasteiger partial charge in [0.15, 0.2) is 0 Å². The molecule has 0 spiro atoms. The van der Waals surface area contributed by atoms with Crippen LogP contribution in [-0.4, -0.2) is 10.2 Å². The van der Waals surface area contributed by atoms with Crippen molar-refractivity contribution in [3.8, 4) is 0 Å². The minimum absolute atomic E-state index is 0.310. The van der Waals surface area contributed by atoms with Gasteiger partial charge < -0.3 is 11.1 Å². The predicted molar refractivity (Wildman–Crippen MR) is 57.4 cm³/mol. The van der Waals surface area contributed by atoms with Gasteiger partial charge in [-0.1, -0.05) is 6.07 Å². The van der Waals surface area contributed by atoms with Gasteiger partial charge in [-0.25, -0.2) is 4.39 Å². The number of nitrogens with one attached hydrogen (secondary N) is 2. The van der Waals surface area contributed by atoms with Crippen molar-refractivity contribution in [2.45, 2.75) is 6.92 Å². The van der Waals surface area contributed by atoms with Crippen LogP contribution < -0.4 is 11.1 Å². The molecule has 1 aromatic carbocycles. The molecule has 0 aliphatic carbocycles. The Hall–Kier alpha value is -2.04. The molecule has 0 radical (unpaired) electrons. The van der Waals surface area contributed by atoms with Gasteiger partial charge >= 0.3 is 0 Å². The first-order valence-corrected chi connectivity index (χ1v) is 4.49. The van der Waals surface area contributed by atoms with Crippen LogP contribution in [0.25, 0.3) is 0 Å². The fourth-order valence-electron chi connectivity index (χ4n) is 1.26. The van der Waals surface area contributed by atoms with E-state index < -0.39 is 0 Å². The normalized spacial score (nSPS) is 10.3. The molecule has 0 fully saturated rings. The molecule has 15 heavy (non-hydrogen) atoms. The van der Waals surface area contributed by atoms with Crippen LogP contribution in [0.3, 0.4) is 0 Å². The molecule has 0 aliphatic heterocycles. The summed E-state index contributed by atoms with van der Waals surface area (Å²) in [6, 6.07) is 4.94. The zero-order chi connectivity index (χ0) is 10.8. The van der Waals surface area contributed by atoms with Crippen LogP contribution in [0.4, 0.5) is 21.6 Å². The largest absolute Gasteiger partial charge is 0.382 e. The topological polar surface area (TPSA) is 66.7 Å². The third-order valence-electron chi connectivity index (χ3n) is 2.06. The lowest BCUT2D eigenvalue weighted by atomic mass is 10.2. The van der Waals surface area contributed by atoms with Crippen molar-refractivity contribution in [2.24, 2.45) is 0 Å². The van der Waals surface area contributed by atoms with E-state index >= 15 is 0 Å². The van der Waals surface area contributed by atoms with Crippen LogP contribution in [0.15, 0.2) is 24.4 Å². The number of aromatic nitrogens is 2. The van der Waals surface area contributed by atoms with E-state index in [1.165, 1.54) is 12.3 Å². The highest BCUT2D eigenvalue weighted by Crippen LogP contribution is 2.23. The number of halogens is 1. The standard InChI is InChI=1S/C10H11FN4/c1-6-2-3-8(7(11)4-6)14-9-5-13-15-10(9)12/h2-5,14H,1H3,(H3,12,13,15). The number of H-pyrrole nitrogens is 1. The van der Waals surface area contributed by atoms with E-state index in [9.17, 15) is 4.39 Å². The third-order valence-corrected chi connectivity index (χ3v) is 2.06. The number of aromatic amines is 1. The Balaban J connectivity index is 2.29. The first-order chi connectivity index (χ1) is 7.16. The first kappa shape index (κ1) is 9.51. The molecule has 2 aromatic rings. The molecular weight excluding hydrogens is 195 g/mol. The Bertz CT molecular complexity index is 478. The molecule has 2 rings (SSSR count). The fraction of sp³-hybridized carbons (Fsp3) is 0.100. The van der Waals surface area contributed by atoms with E-state index in [0.717, 1.165) is 5.56 Å². The first-order valence-electron chi connectivity index (χ1n) is 4.49. The molecule has 78 valence electrons. The zero-order valence-corrected chi connectivity index (χ0v) is 8.21. The zero-order valence-electron chi connectivity index (χ0n) is 8.21. The summed E-state index contributed by atoms with van der Waals surface area (Å²) in [6.07, 6.45) is 1.51. The van der Waals surface area contributed by atoms with E-state index in [1.54, 1.807) is 6.07 Å². The number of benzene rings is 1. The molecule has 4 nitrogen and oxygen atoms in total. The van der Waals surface area contributed by atoms with Crippen molar-refractivity contribution in [1.82, 2.24) is 10.2 Å². The number of nitrogens with two attached hydrogens (primary N) is 1. The van der Waals surface area contributed by atoms with Crippen LogP contribution in [0, 0.1) is 12.7 Å². The summed E-state index contributed by atoms with van der Waals surface area (Å²) in [5, 5.41) is 9.15. The van der Waals surface area contributed by atoms with Crippen LogP contribution in [-0.2, 0) is 0 Å². The average Bonchev–Trinajstić information content (AvgIpc) is 2.57. The van der Waals surface area contributed by atoms with Gasteiger partial charge in [0, 0.05) is 0 Å². The molecule has 0 amide bonds. The van der Waals surface area contributed by atoms with E-state index in [-0.39, 0.29) is 5.82 Å². The number of rotatable bonds is 2. The lowest BCUT2D eigenvalue weighted by Crippen LogP contribution is -1.96. The van der Waals surface area contributed by atoms with Gasteiger partial charge in [0.05, 0.1) is 11.9 Å². The third kappa shape index (κ3) is 1.90. The van der Waals surface area contributed by atoms with Crippen molar-refractivity contribution in [2.75, 3.05) is 11.1 Å². The molecule has 5 heteroatoms. The number of anilines is 3. The molecule has 0 bridgehead atoms. The molecule has 0 saturated heterocycles. The van der Waals surface area contributed by atoms with E-state index in [1.807, 2.05) is 13.0 Å². The Morgan fingerprint density at radius 3 is 2.80 bits per heavy atom. The van der Waals surface area contributed by atoms with Gasteiger partial charge in [-0.2, -0.15) is 5.10 Å². The second-order valence-electron chi connectivity index (χ2n) is 3.31. The molecule has 0 aliphatic rings. The quantitative estimate of drug-likeness (QED) is 0.705. The molecule has 1 aromatic heterocycles. The van der Waals surface area contributed by atoms with E-state index in [2.05, 4.69) is 15.5 Å². The minimum atomic E-state index is -0.310. The maximum absolute atomic E-state index is 13.4. The maximum atomic E-state index is 13.4. The summed E-state index contributed by atoms with van der Waals surface area (Å²) in [6.45, 7) is 1.83. The Morgan fingerprint density at radius 2 is 2.20 bits per heavy atom. The van der Waals surface area contributed by atoms with Gasteiger partial charge in [0.2, 0.25) is 0 Å². The summed E-state index contributed by atoms with van der Waals surface area (Å²) in [5.41, 5.74) is 7.39. The summed E-state index contributed by atoms with van der Waals surface area (Å²) in [4.78, 5) is 0. The van der Waals surface area contributed by atoms with Crippen LogP contribution in [0.5, 0.6) is 0 Å². The SMILES string of the molecule is Cc1ccc(Nc2cn[nH]c2N)c(F)c1. The maximum Gasteiger partial charge on any atom is 0.146 e. The highest BCUT2D eigenvalue weighted by molar-refractivity contribution is 5.69. The summed E-state index contributed by atoms with van der Waals surface area (Å²) in [7, 11) is 0. The molecule has 0 atom stereocenters. The van der Waals surface area contributed by atoms with Crippen molar-refractivity contribution in [3.63, 3.8) is 0 Å². The predicted octanol–water partition coefficient (Wildman–Crippen LogP) is 2.18. The van der Waals surface area contributed by atoms with E-state index in [4.69, 9.17) is 5.73 Å². The minimum Gasteiger partial charge on any atom is -0.382 e. The van der Waals surface area contributed by atoms with Crippen molar-refractivity contribution < 1.29 is 4.39 Å². The highest BCUT2D eigenvalue weighted by Gasteiger charge is 2.05. The molecule has 1 heterocycles. The molecule has 0 unspecified atom stereocenters. The lowest BCUT2D eigenvalue weighted by molar-refractivity contribution is 0.631. The van der Waals surface area contributed by atoms with Crippen molar-refractivity contribution in [3.05, 3.63) is 35.8 Å². The Labute approximate surface area is 86.3 Å². The monoisotopic (exact) mass is 206 g/mol. The van der Waals surface area contributed by atoms with Crippen molar-refractivity contribution in [1.29, 1.82) is 0 Å². The van der Waals surface area contributed by atoms with Crippen LogP contribution in [0.2, 0.25) is 0 Å². The van der Waals surface area contributed by atoms with Crippen LogP contribution in [0.1, 0.15) is 5.56 Å². The summed E-state index contributed by atoms with van der Waals surface area (Å²) >= 11 is 0. The summed E-state index contributed by atoms with van der Waals surface area (Å²) in [5.74, 6) is 0.0746. The highest BCUT2D eigenvalue weighted by atomic mass is 19.1. The second kappa shape index (κ2) is 3.61. The van der Waals surface area contributed by atoms with Crippen molar-refractivity contribution >= 4 is 17.2 Å². The smallest absolute Gasteiger partial charge is 0.146 e. The molecular formula is C10H11FN4.